The zero-order valence-corrected chi connectivity index (χ0v) is 15.2. The van der Waals surface area contributed by atoms with Crippen molar-refractivity contribution in [1.29, 1.82) is 0 Å². The van der Waals surface area contributed by atoms with Gasteiger partial charge in [0.15, 0.2) is 0 Å². The Morgan fingerprint density at radius 3 is 2.41 bits per heavy atom. The van der Waals surface area contributed by atoms with Gasteiger partial charge in [0.1, 0.15) is 5.82 Å². The Hall–Kier alpha value is -2.68. The van der Waals surface area contributed by atoms with Crippen molar-refractivity contribution in [2.24, 2.45) is 0 Å². The van der Waals surface area contributed by atoms with Gasteiger partial charge in [-0.1, -0.05) is 30.3 Å². The maximum Gasteiger partial charge on any atom is 0.219 e. The van der Waals surface area contributed by atoms with Crippen LogP contribution in [0.15, 0.2) is 54.9 Å². The molecule has 0 unspecified atom stereocenters. The Morgan fingerprint density at radius 2 is 1.74 bits per heavy atom. The predicted molar refractivity (Wildman–Crippen MR) is 107 cm³/mol. The molecule has 0 amide bonds. The molecule has 8 heteroatoms. The van der Waals surface area contributed by atoms with Crippen LogP contribution in [-0.2, 0) is 0 Å². The van der Waals surface area contributed by atoms with Crippen molar-refractivity contribution in [2.75, 3.05) is 22.3 Å². The molecule has 3 aromatic rings. The fourth-order valence-electron chi connectivity index (χ4n) is 3.27. The molecule has 140 valence electrons. The smallest absolute Gasteiger partial charge is 0.219 e. The summed E-state index contributed by atoms with van der Waals surface area (Å²) in [6.07, 6.45) is 3.67. The summed E-state index contributed by atoms with van der Waals surface area (Å²) >= 11 is 0. The van der Waals surface area contributed by atoms with Crippen LogP contribution in [0.25, 0.3) is 22.3 Å². The Bertz CT molecular complexity index is 982. The molecule has 1 aliphatic rings. The summed E-state index contributed by atoms with van der Waals surface area (Å²) in [6, 6.07) is 12.3. The molecule has 0 radical (unpaired) electrons. The number of halogens is 1. The summed E-state index contributed by atoms with van der Waals surface area (Å²) in [7, 11) is -2.82. The summed E-state index contributed by atoms with van der Waals surface area (Å²) in [6.45, 7) is 0.558. The van der Waals surface area contributed by atoms with E-state index < -0.39 is 16.6 Å². The number of aromatic nitrogens is 2. The van der Waals surface area contributed by atoms with Crippen LogP contribution in [0.5, 0.6) is 0 Å². The third-order valence-electron chi connectivity index (χ3n) is 4.57. The predicted octanol–water partition coefficient (Wildman–Crippen LogP) is 4.41. The van der Waals surface area contributed by atoms with Crippen LogP contribution in [0.2, 0.25) is 0 Å². The van der Waals surface area contributed by atoms with E-state index in [-0.39, 0.29) is 5.95 Å². The first kappa shape index (κ1) is 17.7. The lowest BCUT2D eigenvalue weighted by Crippen LogP contribution is -2.22. The Labute approximate surface area is 158 Å². The SMILES string of the molecule is Nc1ncc(-c2ccc(-c3ccccc3N3CCCS3(O)O)cc2F)cn1. The highest BCUT2D eigenvalue weighted by molar-refractivity contribution is 8.25. The third-order valence-corrected chi connectivity index (χ3v) is 6.49. The second-order valence-corrected chi connectivity index (χ2v) is 8.45. The van der Waals surface area contributed by atoms with Crippen molar-refractivity contribution in [1.82, 2.24) is 9.97 Å². The fraction of sp³-hybridized carbons (Fsp3) is 0.158. The summed E-state index contributed by atoms with van der Waals surface area (Å²) in [5, 5.41) is 0. The monoisotopic (exact) mass is 386 g/mol. The average molecular weight is 386 g/mol. The molecule has 2 aromatic carbocycles. The van der Waals surface area contributed by atoms with Crippen LogP contribution in [0, 0.1) is 5.82 Å². The number of rotatable bonds is 3. The molecule has 0 aliphatic carbocycles. The topological polar surface area (TPSA) is 95.5 Å². The molecule has 4 rings (SSSR count). The highest BCUT2D eigenvalue weighted by atomic mass is 32.3. The summed E-state index contributed by atoms with van der Waals surface area (Å²) in [5.74, 6) is 0.0733. The molecule has 0 spiro atoms. The zero-order chi connectivity index (χ0) is 19.0. The highest BCUT2D eigenvalue weighted by Gasteiger charge is 2.30. The number of anilines is 2. The van der Waals surface area contributed by atoms with Crippen molar-refractivity contribution in [3.05, 3.63) is 60.7 Å². The number of nitrogen functional groups attached to an aromatic ring is 1. The van der Waals surface area contributed by atoms with Gasteiger partial charge in [0, 0.05) is 35.6 Å². The van der Waals surface area contributed by atoms with Crippen LogP contribution < -0.4 is 10.0 Å². The van der Waals surface area contributed by atoms with Crippen LogP contribution in [0.1, 0.15) is 6.42 Å². The van der Waals surface area contributed by atoms with Crippen LogP contribution in [0.3, 0.4) is 0 Å². The molecule has 27 heavy (non-hydrogen) atoms. The van der Waals surface area contributed by atoms with E-state index in [4.69, 9.17) is 5.73 Å². The molecular formula is C19H19FN4O2S. The van der Waals surface area contributed by atoms with Gasteiger partial charge in [0.05, 0.1) is 11.4 Å². The van der Waals surface area contributed by atoms with Crippen molar-refractivity contribution in [3.63, 3.8) is 0 Å². The van der Waals surface area contributed by atoms with E-state index in [0.717, 1.165) is 5.56 Å². The number of para-hydroxylation sites is 1. The first-order chi connectivity index (χ1) is 13.0. The second-order valence-electron chi connectivity index (χ2n) is 6.33. The molecule has 2 heterocycles. The minimum atomic E-state index is -2.82. The van der Waals surface area contributed by atoms with E-state index in [0.29, 0.717) is 41.1 Å². The van der Waals surface area contributed by atoms with Crippen molar-refractivity contribution >= 4 is 22.4 Å². The molecule has 1 fully saturated rings. The first-order valence-corrected chi connectivity index (χ1v) is 10.1. The lowest BCUT2D eigenvalue weighted by atomic mass is 9.99. The lowest BCUT2D eigenvalue weighted by molar-refractivity contribution is 0.491. The molecule has 0 saturated carbocycles. The molecular weight excluding hydrogens is 367 g/mol. The maximum absolute atomic E-state index is 14.8. The van der Waals surface area contributed by atoms with E-state index in [1.807, 2.05) is 24.3 Å². The van der Waals surface area contributed by atoms with E-state index in [1.165, 1.54) is 18.5 Å². The number of hydrogen-bond acceptors (Lipinski definition) is 6. The number of nitrogens with two attached hydrogens (primary N) is 1. The van der Waals surface area contributed by atoms with Gasteiger partial charge in [0.2, 0.25) is 5.95 Å². The van der Waals surface area contributed by atoms with Gasteiger partial charge < -0.3 is 5.73 Å². The third kappa shape index (κ3) is 3.34. The van der Waals surface area contributed by atoms with Gasteiger partial charge >= 0.3 is 0 Å². The van der Waals surface area contributed by atoms with E-state index in [2.05, 4.69) is 9.97 Å². The standard InChI is InChI=1S/C19H19FN4O2S/c20-17-10-13(6-7-15(17)14-11-22-19(21)23-12-14)16-4-1-2-5-18(16)24-8-3-9-27(24,25)26/h1-2,4-7,10-12,25-26H,3,8-9H2,(H2,21,22,23). The Kier molecular flexibility index (Phi) is 4.47. The highest BCUT2D eigenvalue weighted by Crippen LogP contribution is 2.53. The average Bonchev–Trinajstić information content (AvgIpc) is 3.01. The minimum absolute atomic E-state index is 0.134. The zero-order valence-electron chi connectivity index (χ0n) is 14.4. The number of benzene rings is 2. The summed E-state index contributed by atoms with van der Waals surface area (Å²) < 4.78 is 37.0. The molecule has 1 aliphatic heterocycles. The van der Waals surface area contributed by atoms with Gasteiger partial charge in [-0.05, 0) is 24.1 Å². The quantitative estimate of drug-likeness (QED) is 0.617. The molecule has 1 aromatic heterocycles. The maximum atomic E-state index is 14.8. The van der Waals surface area contributed by atoms with E-state index in [1.54, 1.807) is 16.4 Å². The van der Waals surface area contributed by atoms with Gasteiger partial charge in [-0.25, -0.2) is 14.4 Å². The van der Waals surface area contributed by atoms with Crippen molar-refractivity contribution in [3.8, 4) is 22.3 Å². The Balaban J connectivity index is 1.75. The molecule has 1 saturated heterocycles. The molecule has 6 nitrogen and oxygen atoms in total. The lowest BCUT2D eigenvalue weighted by Gasteiger charge is -2.39. The van der Waals surface area contributed by atoms with Crippen molar-refractivity contribution < 1.29 is 13.5 Å². The minimum Gasteiger partial charge on any atom is -0.368 e. The number of hydrogen-bond donors (Lipinski definition) is 3. The molecule has 4 N–H and O–H groups in total. The largest absolute Gasteiger partial charge is 0.368 e. The van der Waals surface area contributed by atoms with Gasteiger partial charge in [-0.3, -0.25) is 13.4 Å². The van der Waals surface area contributed by atoms with E-state index in [9.17, 15) is 13.5 Å². The van der Waals surface area contributed by atoms with Gasteiger partial charge in [-0.2, -0.15) is 0 Å². The number of nitrogens with zero attached hydrogens (tertiary/aromatic N) is 3. The first-order valence-electron chi connectivity index (χ1n) is 8.46. The molecule has 0 bridgehead atoms. The van der Waals surface area contributed by atoms with Crippen LogP contribution in [0.4, 0.5) is 16.0 Å². The van der Waals surface area contributed by atoms with Gasteiger partial charge in [0.25, 0.3) is 0 Å². The van der Waals surface area contributed by atoms with Crippen LogP contribution >= 0.6 is 10.8 Å². The summed E-state index contributed by atoms with van der Waals surface area (Å²) in [4.78, 5) is 7.80. The normalized spacial score (nSPS) is 17.1. The second kappa shape index (κ2) is 6.80. The Morgan fingerprint density at radius 1 is 1.00 bits per heavy atom. The van der Waals surface area contributed by atoms with Gasteiger partial charge in [-0.15, -0.1) is 10.8 Å². The van der Waals surface area contributed by atoms with Crippen LogP contribution in [-0.4, -0.2) is 31.4 Å². The van der Waals surface area contributed by atoms with E-state index >= 15 is 0 Å². The summed E-state index contributed by atoms with van der Waals surface area (Å²) in [5.41, 5.74) is 8.49. The molecule has 0 atom stereocenters. The fourth-order valence-corrected chi connectivity index (χ4v) is 4.90. The van der Waals surface area contributed by atoms with Crippen molar-refractivity contribution in [2.45, 2.75) is 6.42 Å².